The van der Waals surface area contributed by atoms with Crippen LogP contribution < -0.4 is 4.74 Å². The highest BCUT2D eigenvalue weighted by atomic mass is 32.2. The van der Waals surface area contributed by atoms with E-state index < -0.39 is 40.0 Å². The lowest BCUT2D eigenvalue weighted by atomic mass is 10.1. The number of benzene rings is 1. The highest BCUT2D eigenvalue weighted by molar-refractivity contribution is 8.18. The van der Waals surface area contributed by atoms with Crippen molar-refractivity contribution in [2.24, 2.45) is 0 Å². The molecule has 2 amide bonds. The summed E-state index contributed by atoms with van der Waals surface area (Å²) in [5, 5.41) is 20.1. The number of carbonyl (C=O) groups excluding carboxylic acids is 3. The molecule has 26 heavy (non-hydrogen) atoms. The van der Waals surface area contributed by atoms with Crippen molar-refractivity contribution in [3.05, 3.63) is 32.7 Å². The number of methoxy groups -OCH3 is 1. The zero-order chi connectivity index (χ0) is 19.4. The van der Waals surface area contributed by atoms with Crippen molar-refractivity contribution in [2.75, 3.05) is 20.3 Å². The van der Waals surface area contributed by atoms with Crippen LogP contribution >= 0.6 is 11.8 Å². The van der Waals surface area contributed by atoms with Gasteiger partial charge in [-0.15, -0.1) is 0 Å². The van der Waals surface area contributed by atoms with E-state index in [4.69, 9.17) is 9.47 Å². The van der Waals surface area contributed by atoms with Gasteiger partial charge in [0.1, 0.15) is 6.54 Å². The van der Waals surface area contributed by atoms with Crippen LogP contribution in [0.4, 0.5) is 10.5 Å². The minimum atomic E-state index is -0.804. The standard InChI is InChI=1S/C15H14N2O8S/c1-3-25-12(18)7-16-14(20)11(26-15(16)21)6-8-4-9(17(22)23)13(19)10(5-8)24-2/h4-6,19H,3,7H2,1-2H3/b11-6+. The van der Waals surface area contributed by atoms with Crippen molar-refractivity contribution in [2.45, 2.75) is 6.92 Å². The van der Waals surface area contributed by atoms with Crippen molar-refractivity contribution in [3.8, 4) is 11.5 Å². The lowest BCUT2D eigenvalue weighted by molar-refractivity contribution is -0.386. The number of rotatable bonds is 6. The molecule has 0 aliphatic carbocycles. The Balaban J connectivity index is 2.34. The van der Waals surface area contributed by atoms with Gasteiger partial charge in [-0.2, -0.15) is 0 Å². The molecule has 0 aromatic heterocycles. The number of nitrogens with zero attached hydrogens (tertiary/aromatic N) is 2. The number of aromatic hydroxyl groups is 1. The molecule has 0 spiro atoms. The molecule has 0 unspecified atom stereocenters. The lowest BCUT2D eigenvalue weighted by Crippen LogP contribution is -2.34. The Morgan fingerprint density at radius 1 is 1.42 bits per heavy atom. The van der Waals surface area contributed by atoms with E-state index in [1.807, 2.05) is 0 Å². The van der Waals surface area contributed by atoms with E-state index in [-0.39, 0.29) is 22.8 Å². The number of hydrogen-bond donors (Lipinski definition) is 1. The zero-order valence-corrected chi connectivity index (χ0v) is 14.6. The molecule has 1 N–H and O–H groups in total. The maximum absolute atomic E-state index is 12.3. The van der Waals surface area contributed by atoms with Gasteiger partial charge < -0.3 is 14.6 Å². The Labute approximate surface area is 151 Å². The Bertz CT molecular complexity index is 820. The van der Waals surface area contributed by atoms with Crippen LogP contribution in [0, 0.1) is 10.1 Å². The molecule has 1 aromatic carbocycles. The van der Waals surface area contributed by atoms with Gasteiger partial charge in [0.15, 0.2) is 5.75 Å². The molecule has 0 atom stereocenters. The Kier molecular flexibility index (Phi) is 5.82. The Morgan fingerprint density at radius 2 is 2.12 bits per heavy atom. The lowest BCUT2D eigenvalue weighted by Gasteiger charge is -2.10. The van der Waals surface area contributed by atoms with Crippen LogP contribution in [0.3, 0.4) is 0 Å². The minimum Gasteiger partial charge on any atom is -0.500 e. The number of hydrogen-bond acceptors (Lipinski definition) is 9. The average Bonchev–Trinajstić information content (AvgIpc) is 2.83. The highest BCUT2D eigenvalue weighted by Gasteiger charge is 2.36. The SMILES string of the molecule is CCOC(=O)CN1C(=O)S/C(=C/c2cc(OC)c(O)c([N+](=O)[O-])c2)C1=O. The fourth-order valence-corrected chi connectivity index (χ4v) is 2.95. The van der Waals surface area contributed by atoms with Gasteiger partial charge in [-0.05, 0) is 36.4 Å². The second kappa shape index (κ2) is 7.87. The summed E-state index contributed by atoms with van der Waals surface area (Å²) in [5.74, 6) is -2.25. The second-order valence-electron chi connectivity index (χ2n) is 4.92. The quantitative estimate of drug-likeness (QED) is 0.338. The number of phenols is 1. The first-order chi connectivity index (χ1) is 12.3. The van der Waals surface area contributed by atoms with Crippen LogP contribution in [0.2, 0.25) is 0 Å². The number of esters is 1. The summed E-state index contributed by atoms with van der Waals surface area (Å²) in [4.78, 5) is 46.6. The number of thioether (sulfide) groups is 1. The van der Waals surface area contributed by atoms with E-state index in [1.54, 1.807) is 6.92 Å². The molecule has 1 aromatic rings. The normalized spacial score (nSPS) is 15.5. The predicted octanol–water partition coefficient (Wildman–Crippen LogP) is 1.91. The molecule has 11 heteroatoms. The van der Waals surface area contributed by atoms with Gasteiger partial charge >= 0.3 is 11.7 Å². The van der Waals surface area contributed by atoms with Crippen LogP contribution in [-0.2, 0) is 14.3 Å². The van der Waals surface area contributed by atoms with Gasteiger partial charge in [-0.25, -0.2) is 0 Å². The van der Waals surface area contributed by atoms with E-state index in [2.05, 4.69) is 0 Å². The number of imide groups is 1. The first-order valence-corrected chi connectivity index (χ1v) is 8.06. The molecule has 0 saturated carbocycles. The van der Waals surface area contributed by atoms with E-state index in [9.17, 15) is 29.6 Å². The van der Waals surface area contributed by atoms with E-state index in [1.165, 1.54) is 19.3 Å². The van der Waals surface area contributed by atoms with Crippen molar-refractivity contribution in [3.63, 3.8) is 0 Å². The summed E-state index contributed by atoms with van der Waals surface area (Å²) in [6.45, 7) is 1.19. The van der Waals surface area contributed by atoms with E-state index >= 15 is 0 Å². The fraction of sp³-hybridized carbons (Fsp3) is 0.267. The maximum atomic E-state index is 12.3. The smallest absolute Gasteiger partial charge is 0.326 e. The van der Waals surface area contributed by atoms with Gasteiger partial charge in [0.25, 0.3) is 11.1 Å². The molecule has 1 aliphatic heterocycles. The van der Waals surface area contributed by atoms with E-state index in [0.717, 1.165) is 11.0 Å². The average molecular weight is 382 g/mol. The van der Waals surface area contributed by atoms with Crippen LogP contribution in [0.25, 0.3) is 6.08 Å². The number of nitro benzene ring substituents is 1. The van der Waals surface area contributed by atoms with Crippen molar-refractivity contribution in [1.29, 1.82) is 0 Å². The first kappa shape index (κ1) is 19.2. The predicted molar refractivity (Wildman–Crippen MR) is 90.6 cm³/mol. The van der Waals surface area contributed by atoms with Gasteiger partial charge in [-0.3, -0.25) is 29.4 Å². The molecule has 1 aliphatic rings. The van der Waals surface area contributed by atoms with Crippen LogP contribution in [0.15, 0.2) is 17.0 Å². The fourth-order valence-electron chi connectivity index (χ4n) is 2.12. The Morgan fingerprint density at radius 3 is 2.69 bits per heavy atom. The molecule has 1 heterocycles. The van der Waals surface area contributed by atoms with Gasteiger partial charge in [0, 0.05) is 6.07 Å². The molecule has 10 nitrogen and oxygen atoms in total. The van der Waals surface area contributed by atoms with Gasteiger partial charge in [0.2, 0.25) is 5.75 Å². The largest absolute Gasteiger partial charge is 0.500 e. The molecule has 1 fully saturated rings. The summed E-state index contributed by atoms with van der Waals surface area (Å²) >= 11 is 0.586. The van der Waals surface area contributed by atoms with Crippen molar-refractivity contribution in [1.82, 2.24) is 4.90 Å². The Hall–Kier alpha value is -3.08. The topological polar surface area (TPSA) is 136 Å². The van der Waals surface area contributed by atoms with E-state index in [0.29, 0.717) is 11.8 Å². The van der Waals surface area contributed by atoms with Crippen LogP contribution in [0.1, 0.15) is 12.5 Å². The molecule has 1 saturated heterocycles. The zero-order valence-electron chi connectivity index (χ0n) is 13.8. The number of carbonyl (C=O) groups is 3. The van der Waals surface area contributed by atoms with Gasteiger partial charge in [0.05, 0.1) is 23.5 Å². The third kappa shape index (κ3) is 3.94. The number of ether oxygens (including phenoxy) is 2. The van der Waals surface area contributed by atoms with Crippen LogP contribution in [-0.4, -0.2) is 52.3 Å². The van der Waals surface area contributed by atoms with Gasteiger partial charge in [-0.1, -0.05) is 0 Å². The summed E-state index contributed by atoms with van der Waals surface area (Å²) < 4.78 is 9.58. The van der Waals surface area contributed by atoms with Crippen molar-refractivity contribution >= 4 is 40.6 Å². The maximum Gasteiger partial charge on any atom is 0.326 e. The summed E-state index contributed by atoms with van der Waals surface area (Å²) in [6.07, 6.45) is 1.24. The third-order valence-electron chi connectivity index (χ3n) is 3.26. The second-order valence-corrected chi connectivity index (χ2v) is 5.91. The molecule has 138 valence electrons. The summed E-state index contributed by atoms with van der Waals surface area (Å²) in [7, 11) is 1.22. The van der Waals surface area contributed by atoms with Crippen LogP contribution in [0.5, 0.6) is 11.5 Å². The third-order valence-corrected chi connectivity index (χ3v) is 4.17. The minimum absolute atomic E-state index is 0.0265. The first-order valence-electron chi connectivity index (χ1n) is 7.24. The molecular formula is C15H14N2O8S. The van der Waals surface area contributed by atoms with Crippen molar-refractivity contribution < 1.29 is 33.9 Å². The molecule has 0 bridgehead atoms. The molecular weight excluding hydrogens is 368 g/mol. The summed E-state index contributed by atoms with van der Waals surface area (Å²) in [6, 6.07) is 2.32. The highest BCUT2D eigenvalue weighted by Crippen LogP contribution is 2.39. The molecule has 0 radical (unpaired) electrons. The number of phenolic OH excluding ortho intramolecular Hbond substituents is 1. The summed E-state index contributed by atoms with van der Waals surface area (Å²) in [5.41, 5.74) is -0.436. The number of nitro groups is 1. The number of amides is 2. The monoisotopic (exact) mass is 382 g/mol. The molecule has 2 rings (SSSR count).